The average Bonchev–Trinajstić information content (AvgIpc) is 2.98. The van der Waals surface area contributed by atoms with Crippen LogP contribution in [0.3, 0.4) is 0 Å². The van der Waals surface area contributed by atoms with Crippen molar-refractivity contribution in [3.05, 3.63) is 82.9 Å². The van der Waals surface area contributed by atoms with Gasteiger partial charge in [-0.05, 0) is 65.1 Å². The fourth-order valence-electron chi connectivity index (χ4n) is 6.38. The van der Waals surface area contributed by atoms with Crippen molar-refractivity contribution in [1.29, 1.82) is 0 Å². The molecule has 42 heavy (non-hydrogen) atoms. The van der Waals surface area contributed by atoms with Gasteiger partial charge >= 0.3 is 5.97 Å². The van der Waals surface area contributed by atoms with Gasteiger partial charge < -0.3 is 5.11 Å². The van der Waals surface area contributed by atoms with Crippen LogP contribution in [-0.4, -0.2) is 11.1 Å². The predicted octanol–water partition coefficient (Wildman–Crippen LogP) is 11.2. The van der Waals surface area contributed by atoms with E-state index >= 15 is 4.39 Å². The monoisotopic (exact) mass is 582 g/mol. The molecule has 1 fully saturated rings. The first-order valence-electron chi connectivity index (χ1n) is 15.6. The van der Waals surface area contributed by atoms with Crippen molar-refractivity contribution in [2.24, 2.45) is 11.8 Å². The Kier molecular flexibility index (Phi) is 11.6. The Labute approximate surface area is 247 Å². The molecule has 1 aliphatic rings. The van der Waals surface area contributed by atoms with Crippen LogP contribution in [0.5, 0.6) is 0 Å². The number of carboxylic acids is 1. The molecule has 1 saturated carbocycles. The summed E-state index contributed by atoms with van der Waals surface area (Å²) in [5.41, 5.74) is 0.802. The largest absolute Gasteiger partial charge is 0.478 e. The molecule has 0 amide bonds. The molecule has 0 heterocycles. The van der Waals surface area contributed by atoms with Crippen LogP contribution < -0.4 is 0 Å². The second kappa shape index (κ2) is 15.4. The van der Waals surface area contributed by atoms with Crippen LogP contribution in [0.15, 0.2) is 48.5 Å². The van der Waals surface area contributed by atoms with E-state index < -0.39 is 34.8 Å². The van der Waals surface area contributed by atoms with Crippen LogP contribution >= 0.6 is 0 Å². The zero-order chi connectivity index (χ0) is 30.1. The van der Waals surface area contributed by atoms with E-state index in [-0.39, 0.29) is 16.7 Å². The van der Waals surface area contributed by atoms with Crippen molar-refractivity contribution in [2.45, 2.75) is 96.8 Å². The van der Waals surface area contributed by atoms with Gasteiger partial charge in [0.25, 0.3) is 0 Å². The van der Waals surface area contributed by atoms with Gasteiger partial charge in [0.15, 0.2) is 17.5 Å². The molecule has 0 atom stereocenters. The highest BCUT2D eigenvalue weighted by Crippen LogP contribution is 2.38. The molecule has 0 aliphatic heterocycles. The Bertz CT molecular complexity index is 1300. The molecular formula is C36H42F4O2. The third-order valence-corrected chi connectivity index (χ3v) is 8.93. The van der Waals surface area contributed by atoms with Gasteiger partial charge in [0.1, 0.15) is 5.82 Å². The lowest BCUT2D eigenvalue weighted by atomic mass is 9.77. The van der Waals surface area contributed by atoms with E-state index in [2.05, 4.69) is 6.92 Å². The number of hydrogen-bond donors (Lipinski definition) is 1. The van der Waals surface area contributed by atoms with Gasteiger partial charge in [-0.15, -0.1) is 0 Å². The standard InChI is InChI=1S/C36H42F4O2/c1-2-3-4-5-6-7-8-9-24-10-12-25(13-11-24)14-15-26-16-18-27(19-17-26)29-20-21-30(36(41)42)34(39)33(29)28-22-31(37)35(40)32(38)23-28/h16-25H,2-15H2,1H3,(H,41,42). The highest BCUT2D eigenvalue weighted by molar-refractivity contribution is 5.94. The Morgan fingerprint density at radius 2 is 1.29 bits per heavy atom. The summed E-state index contributed by atoms with van der Waals surface area (Å²) in [5.74, 6) is -5.65. The summed E-state index contributed by atoms with van der Waals surface area (Å²) in [7, 11) is 0. The minimum Gasteiger partial charge on any atom is -0.478 e. The van der Waals surface area contributed by atoms with E-state index in [1.807, 2.05) is 24.3 Å². The third-order valence-electron chi connectivity index (χ3n) is 8.93. The molecule has 0 unspecified atom stereocenters. The molecule has 3 aromatic rings. The Morgan fingerprint density at radius 1 is 0.714 bits per heavy atom. The van der Waals surface area contributed by atoms with Crippen LogP contribution in [0.2, 0.25) is 0 Å². The van der Waals surface area contributed by atoms with E-state index in [9.17, 15) is 23.1 Å². The number of hydrogen-bond acceptors (Lipinski definition) is 1. The lowest BCUT2D eigenvalue weighted by molar-refractivity contribution is 0.0692. The van der Waals surface area contributed by atoms with E-state index in [1.165, 1.54) is 83.1 Å². The van der Waals surface area contributed by atoms with E-state index in [1.54, 1.807) is 0 Å². The minimum absolute atomic E-state index is 0.270. The molecule has 226 valence electrons. The molecule has 2 nitrogen and oxygen atoms in total. The van der Waals surface area contributed by atoms with E-state index in [0.717, 1.165) is 36.3 Å². The van der Waals surface area contributed by atoms with Crippen LogP contribution in [0.4, 0.5) is 17.6 Å². The van der Waals surface area contributed by atoms with Crippen LogP contribution in [-0.2, 0) is 6.42 Å². The molecule has 1 N–H and O–H groups in total. The van der Waals surface area contributed by atoms with Crippen molar-refractivity contribution < 1.29 is 27.5 Å². The maximum Gasteiger partial charge on any atom is 0.338 e. The molecule has 0 spiro atoms. The number of aryl methyl sites for hydroxylation is 1. The normalized spacial score (nSPS) is 17.0. The van der Waals surface area contributed by atoms with Crippen molar-refractivity contribution in [1.82, 2.24) is 0 Å². The Hall–Kier alpha value is -3.15. The van der Waals surface area contributed by atoms with Crippen molar-refractivity contribution >= 4 is 5.97 Å². The molecule has 0 bridgehead atoms. The van der Waals surface area contributed by atoms with Gasteiger partial charge in [-0.1, -0.05) is 114 Å². The second-order valence-corrected chi connectivity index (χ2v) is 11.9. The SMILES string of the molecule is CCCCCCCCCC1CCC(CCc2ccc(-c3ccc(C(=O)O)c(F)c3-c3cc(F)c(F)c(F)c3)cc2)CC1. The molecule has 4 rings (SSSR count). The fraction of sp³-hybridized carbons (Fsp3) is 0.472. The molecular weight excluding hydrogens is 540 g/mol. The molecule has 3 aromatic carbocycles. The third kappa shape index (κ3) is 8.23. The highest BCUT2D eigenvalue weighted by Gasteiger charge is 2.23. The summed E-state index contributed by atoms with van der Waals surface area (Å²) >= 11 is 0. The van der Waals surface area contributed by atoms with Gasteiger partial charge in [0.2, 0.25) is 0 Å². The van der Waals surface area contributed by atoms with Crippen molar-refractivity contribution in [2.75, 3.05) is 0 Å². The zero-order valence-electron chi connectivity index (χ0n) is 24.5. The summed E-state index contributed by atoms with van der Waals surface area (Å²) in [5, 5.41) is 9.40. The van der Waals surface area contributed by atoms with Gasteiger partial charge in [0.05, 0.1) is 5.56 Å². The quantitative estimate of drug-likeness (QED) is 0.117. The maximum atomic E-state index is 15.4. The van der Waals surface area contributed by atoms with Crippen molar-refractivity contribution in [3.63, 3.8) is 0 Å². The number of rotatable bonds is 14. The second-order valence-electron chi connectivity index (χ2n) is 11.9. The number of aromatic carboxylic acids is 1. The minimum atomic E-state index is -1.67. The lowest BCUT2D eigenvalue weighted by Gasteiger charge is -2.28. The molecule has 0 aromatic heterocycles. The topological polar surface area (TPSA) is 37.3 Å². The summed E-state index contributed by atoms with van der Waals surface area (Å²) in [6.07, 6.45) is 18.2. The summed E-state index contributed by atoms with van der Waals surface area (Å²) < 4.78 is 57.0. The predicted molar refractivity (Wildman–Crippen MR) is 160 cm³/mol. The van der Waals surface area contributed by atoms with Crippen LogP contribution in [0.1, 0.15) is 106 Å². The summed E-state index contributed by atoms with van der Waals surface area (Å²) in [4.78, 5) is 11.6. The smallest absolute Gasteiger partial charge is 0.338 e. The maximum absolute atomic E-state index is 15.4. The molecule has 6 heteroatoms. The van der Waals surface area contributed by atoms with Gasteiger partial charge in [-0.25, -0.2) is 22.4 Å². The number of benzene rings is 3. The van der Waals surface area contributed by atoms with Crippen molar-refractivity contribution in [3.8, 4) is 22.3 Å². The molecule has 1 aliphatic carbocycles. The first-order valence-corrected chi connectivity index (χ1v) is 15.6. The summed E-state index contributed by atoms with van der Waals surface area (Å²) in [6, 6.07) is 11.5. The average molecular weight is 583 g/mol. The Balaban J connectivity index is 1.36. The van der Waals surface area contributed by atoms with Crippen LogP contribution in [0.25, 0.3) is 22.3 Å². The number of carbonyl (C=O) groups is 1. The number of carboxylic acid groups (broad SMARTS) is 1. The fourth-order valence-corrected chi connectivity index (χ4v) is 6.38. The zero-order valence-corrected chi connectivity index (χ0v) is 24.5. The number of unbranched alkanes of at least 4 members (excludes halogenated alkanes) is 6. The van der Waals surface area contributed by atoms with E-state index in [0.29, 0.717) is 17.7 Å². The van der Waals surface area contributed by atoms with Gasteiger partial charge in [-0.3, -0.25) is 0 Å². The molecule has 0 saturated heterocycles. The molecule has 0 radical (unpaired) electrons. The van der Waals surface area contributed by atoms with Gasteiger partial charge in [0, 0.05) is 5.56 Å². The highest BCUT2D eigenvalue weighted by atomic mass is 19.2. The lowest BCUT2D eigenvalue weighted by Crippen LogP contribution is -2.15. The van der Waals surface area contributed by atoms with Crippen LogP contribution in [0, 0.1) is 35.1 Å². The number of halogens is 4. The first kappa shape index (κ1) is 31.8. The first-order chi connectivity index (χ1) is 20.3. The Morgan fingerprint density at radius 3 is 1.88 bits per heavy atom. The van der Waals surface area contributed by atoms with E-state index in [4.69, 9.17) is 0 Å². The summed E-state index contributed by atoms with van der Waals surface area (Å²) in [6.45, 7) is 2.25. The van der Waals surface area contributed by atoms with Gasteiger partial charge in [-0.2, -0.15) is 0 Å².